The first kappa shape index (κ1) is 26.2. The zero-order valence-electron chi connectivity index (χ0n) is 17.5. The summed E-state index contributed by atoms with van der Waals surface area (Å²) < 4.78 is 60.4. The number of alkyl halides is 3. The quantitative estimate of drug-likeness (QED) is 0.202. The Balaban J connectivity index is 2.03. The number of ether oxygens (including phenoxy) is 4. The first-order valence-corrected chi connectivity index (χ1v) is 10.2. The third-order valence-corrected chi connectivity index (χ3v) is 4.63. The molecule has 0 radical (unpaired) electrons. The molecule has 1 aromatic rings. The van der Waals surface area contributed by atoms with Crippen molar-refractivity contribution in [3.63, 3.8) is 0 Å². The monoisotopic (exact) mass is 541 g/mol. The van der Waals surface area contributed by atoms with Gasteiger partial charge in [0.2, 0.25) is 12.4 Å². The summed E-state index contributed by atoms with van der Waals surface area (Å²) in [6.45, 7) is 3.71. The van der Waals surface area contributed by atoms with E-state index >= 15 is 0 Å². The Morgan fingerprint density at radius 2 is 1.94 bits per heavy atom. The Hall–Kier alpha value is -3.03. The van der Waals surface area contributed by atoms with E-state index in [1.807, 2.05) is 0 Å². The van der Waals surface area contributed by atoms with E-state index in [4.69, 9.17) is 9.47 Å². The fraction of sp³-hybridized carbons (Fsp3) is 0.474. The topological polar surface area (TPSA) is 123 Å². The number of carbonyl (C=O) groups excluding carboxylic acids is 2. The third-order valence-electron chi connectivity index (χ3n) is 4.18. The number of halogens is 4. The number of rotatable bonds is 8. The lowest BCUT2D eigenvalue weighted by atomic mass is 9.99. The van der Waals surface area contributed by atoms with Crippen LogP contribution in [0.1, 0.15) is 31.4 Å². The molecule has 0 spiro atoms. The average Bonchev–Trinajstić information content (AvgIpc) is 2.65. The molecule has 0 saturated heterocycles. The number of fused-ring (bicyclic) bond motifs is 1. The molecule has 0 saturated carbocycles. The fourth-order valence-corrected chi connectivity index (χ4v) is 3.37. The van der Waals surface area contributed by atoms with Crippen LogP contribution in [0.4, 0.5) is 18.0 Å². The Labute approximate surface area is 193 Å². The Kier molecular flexibility index (Phi) is 8.52. The van der Waals surface area contributed by atoms with Crippen molar-refractivity contribution < 1.29 is 51.6 Å². The van der Waals surface area contributed by atoms with Gasteiger partial charge in [-0.2, -0.15) is 13.2 Å². The first-order chi connectivity index (χ1) is 15.3. The smallest absolute Gasteiger partial charge is 0.475 e. The summed E-state index contributed by atoms with van der Waals surface area (Å²) in [5, 5.41) is 9.19. The molecule has 0 aromatic heterocycles. The van der Waals surface area contributed by atoms with Crippen LogP contribution in [0, 0.1) is 17.0 Å². The van der Waals surface area contributed by atoms with Gasteiger partial charge < -0.3 is 23.8 Å². The van der Waals surface area contributed by atoms with Crippen molar-refractivity contribution in [1.29, 1.82) is 0 Å². The van der Waals surface area contributed by atoms with Crippen LogP contribution in [0.5, 0.6) is 5.75 Å². The first-order valence-electron chi connectivity index (χ1n) is 9.38. The van der Waals surface area contributed by atoms with Crippen LogP contribution in [-0.4, -0.2) is 48.5 Å². The predicted molar refractivity (Wildman–Crippen MR) is 107 cm³/mol. The maximum Gasteiger partial charge on any atom is 0.511 e. The zero-order valence-corrected chi connectivity index (χ0v) is 19.1. The van der Waals surface area contributed by atoms with Crippen molar-refractivity contribution in [3.05, 3.63) is 43.4 Å². The number of hydrogen-bond donors (Lipinski definition) is 0. The van der Waals surface area contributed by atoms with Crippen molar-refractivity contribution in [2.75, 3.05) is 6.61 Å². The third kappa shape index (κ3) is 7.51. The number of benzene rings is 1. The summed E-state index contributed by atoms with van der Waals surface area (Å²) in [5.41, 5.74) is -0.176. The van der Waals surface area contributed by atoms with Gasteiger partial charge in [0.15, 0.2) is 0 Å². The number of hydrogen-bond acceptors (Lipinski definition) is 9. The molecular formula is C19H19BrF3NO9. The minimum absolute atomic E-state index is 0.0276. The number of esters is 1. The number of aryl methyl sites for hydroxylation is 1. The van der Waals surface area contributed by atoms with Gasteiger partial charge in [0.05, 0.1) is 12.2 Å². The standard InChI is InChI=1S/C19H19BrF3NO9/c1-9-6-13(20)7-12-8-14(16(19(21,22)23)32-15(9)12)17(25)30-11(3)31-18(26)29-5-4-10(2)33-24(27)28/h6-8,10-11,16H,4-5H2,1-3H3. The molecule has 3 unspecified atom stereocenters. The van der Waals surface area contributed by atoms with Crippen molar-refractivity contribution in [2.24, 2.45) is 0 Å². The van der Waals surface area contributed by atoms with Crippen LogP contribution in [0.3, 0.4) is 0 Å². The lowest BCUT2D eigenvalue weighted by Crippen LogP contribution is -2.41. The fourth-order valence-electron chi connectivity index (χ4n) is 2.78. The van der Waals surface area contributed by atoms with Crippen LogP contribution < -0.4 is 4.74 Å². The maximum atomic E-state index is 13.5. The van der Waals surface area contributed by atoms with Crippen LogP contribution in [0.15, 0.2) is 22.2 Å². The predicted octanol–water partition coefficient (Wildman–Crippen LogP) is 4.49. The van der Waals surface area contributed by atoms with Crippen LogP contribution >= 0.6 is 15.9 Å². The second-order valence-electron chi connectivity index (χ2n) is 6.90. The number of carbonyl (C=O) groups is 2. The molecule has 0 amide bonds. The Bertz CT molecular complexity index is 951. The molecule has 0 bridgehead atoms. The molecule has 0 fully saturated rings. The van der Waals surface area contributed by atoms with E-state index < -0.39 is 47.5 Å². The zero-order chi connectivity index (χ0) is 24.9. The van der Waals surface area contributed by atoms with E-state index in [0.717, 1.165) is 13.0 Å². The highest BCUT2D eigenvalue weighted by Crippen LogP contribution is 2.40. The van der Waals surface area contributed by atoms with E-state index in [0.29, 0.717) is 10.0 Å². The highest BCUT2D eigenvalue weighted by Gasteiger charge is 2.49. The summed E-state index contributed by atoms with van der Waals surface area (Å²) >= 11 is 3.23. The van der Waals surface area contributed by atoms with Crippen LogP contribution in [-0.2, 0) is 23.8 Å². The van der Waals surface area contributed by atoms with Crippen molar-refractivity contribution >= 4 is 34.1 Å². The SMILES string of the molecule is Cc1cc(Br)cc2c1OC(C(F)(F)F)C(C(=O)OC(C)OC(=O)OCCC(C)O[N+](=O)[O-])=C2. The second kappa shape index (κ2) is 10.7. The molecule has 0 aliphatic carbocycles. The molecule has 1 aliphatic rings. The molecular weight excluding hydrogens is 523 g/mol. The summed E-state index contributed by atoms with van der Waals surface area (Å²) in [7, 11) is 0. The lowest BCUT2D eigenvalue weighted by molar-refractivity contribution is -0.767. The van der Waals surface area contributed by atoms with Gasteiger partial charge in [-0.05, 0) is 37.6 Å². The maximum absolute atomic E-state index is 13.5. The highest BCUT2D eigenvalue weighted by molar-refractivity contribution is 9.10. The van der Waals surface area contributed by atoms with Gasteiger partial charge in [-0.1, -0.05) is 15.9 Å². The van der Waals surface area contributed by atoms with E-state index in [2.05, 4.69) is 30.2 Å². The van der Waals surface area contributed by atoms with Gasteiger partial charge in [-0.3, -0.25) is 0 Å². The van der Waals surface area contributed by atoms with Gasteiger partial charge in [0, 0.05) is 23.4 Å². The minimum Gasteiger partial charge on any atom is -0.475 e. The second-order valence-corrected chi connectivity index (χ2v) is 7.81. The van der Waals surface area contributed by atoms with Crippen molar-refractivity contribution in [1.82, 2.24) is 0 Å². The van der Waals surface area contributed by atoms with Crippen molar-refractivity contribution in [2.45, 2.75) is 51.9 Å². The molecule has 10 nitrogen and oxygen atoms in total. The van der Waals surface area contributed by atoms with E-state index in [-0.39, 0.29) is 24.3 Å². The summed E-state index contributed by atoms with van der Waals surface area (Å²) in [5.74, 6) is -1.44. The van der Waals surface area contributed by atoms with Gasteiger partial charge >= 0.3 is 18.3 Å². The number of nitrogens with zero attached hydrogens (tertiary/aromatic N) is 1. The average molecular weight is 542 g/mol. The molecule has 1 heterocycles. The van der Waals surface area contributed by atoms with E-state index in [1.54, 1.807) is 13.0 Å². The van der Waals surface area contributed by atoms with Gasteiger partial charge in [-0.25, -0.2) is 9.59 Å². The van der Waals surface area contributed by atoms with Crippen LogP contribution in [0.25, 0.3) is 6.08 Å². The lowest BCUT2D eigenvalue weighted by Gasteiger charge is -2.29. The largest absolute Gasteiger partial charge is 0.511 e. The molecule has 1 aliphatic heterocycles. The van der Waals surface area contributed by atoms with Gasteiger partial charge in [0.25, 0.3) is 5.09 Å². The highest BCUT2D eigenvalue weighted by atomic mass is 79.9. The Morgan fingerprint density at radius 1 is 1.27 bits per heavy atom. The summed E-state index contributed by atoms with van der Waals surface area (Å²) in [6, 6.07) is 3.04. The van der Waals surface area contributed by atoms with Crippen LogP contribution in [0.2, 0.25) is 0 Å². The molecule has 3 atom stereocenters. The Morgan fingerprint density at radius 3 is 2.55 bits per heavy atom. The molecule has 1 aromatic carbocycles. The molecule has 2 rings (SSSR count). The minimum atomic E-state index is -4.92. The molecule has 14 heteroatoms. The summed E-state index contributed by atoms with van der Waals surface area (Å²) in [6.07, 6.45) is -10.3. The van der Waals surface area contributed by atoms with E-state index in [1.165, 1.54) is 13.0 Å². The van der Waals surface area contributed by atoms with Crippen molar-refractivity contribution in [3.8, 4) is 5.75 Å². The van der Waals surface area contributed by atoms with Gasteiger partial charge in [-0.15, -0.1) is 10.1 Å². The van der Waals surface area contributed by atoms with E-state index in [9.17, 15) is 32.9 Å². The van der Waals surface area contributed by atoms with Gasteiger partial charge in [0.1, 0.15) is 11.9 Å². The normalized spacial score (nSPS) is 16.9. The molecule has 182 valence electrons. The summed E-state index contributed by atoms with van der Waals surface area (Å²) in [4.78, 5) is 38.5. The molecule has 0 N–H and O–H groups in total. The molecule has 33 heavy (non-hydrogen) atoms.